The summed E-state index contributed by atoms with van der Waals surface area (Å²) in [6.45, 7) is 5.14. The fourth-order valence-electron chi connectivity index (χ4n) is 2.87. The van der Waals surface area contributed by atoms with Crippen LogP contribution in [0.5, 0.6) is 0 Å². The number of primary amides is 1. The van der Waals surface area contributed by atoms with Gasteiger partial charge in [0.1, 0.15) is 6.04 Å². The van der Waals surface area contributed by atoms with Crippen LogP contribution in [0.1, 0.15) is 39.5 Å². The predicted octanol–water partition coefficient (Wildman–Crippen LogP) is 0.501. The number of nitrogens with two attached hydrogens (primary N) is 1. The Morgan fingerprint density at radius 2 is 2.00 bits per heavy atom. The second kappa shape index (κ2) is 6.89. The molecule has 3 N–H and O–H groups in total. The number of nitrogens with zero attached hydrogens (tertiary/aromatic N) is 1. The van der Waals surface area contributed by atoms with Crippen molar-refractivity contribution in [1.29, 1.82) is 0 Å². The van der Waals surface area contributed by atoms with Crippen molar-refractivity contribution in [3.63, 3.8) is 0 Å². The van der Waals surface area contributed by atoms with Gasteiger partial charge in [-0.1, -0.05) is 0 Å². The number of thioether (sulfide) groups is 1. The zero-order valence-corrected chi connectivity index (χ0v) is 14.1. The van der Waals surface area contributed by atoms with Crippen LogP contribution in [0.15, 0.2) is 0 Å². The third-order valence-electron chi connectivity index (χ3n) is 4.49. The van der Waals surface area contributed by atoms with Crippen LogP contribution in [0, 0.1) is 5.92 Å². The maximum Gasteiger partial charge on any atom is 0.246 e. The molecular formula is C15H25N3O3S. The quantitative estimate of drug-likeness (QED) is 0.786. The lowest BCUT2D eigenvalue weighted by molar-refractivity contribution is -0.137. The van der Waals surface area contributed by atoms with Crippen LogP contribution in [-0.2, 0) is 14.4 Å². The second-order valence-electron chi connectivity index (χ2n) is 6.62. The van der Waals surface area contributed by atoms with E-state index in [4.69, 9.17) is 5.73 Å². The standard InChI is InChI=1S/C15H25N3O3S/c1-15(2)14(21)17-11(9-22-15)13(20)18-7-5-10(6-8-18)3-4-12(16)19/h10-11H,3-9H2,1-2H3,(H2,16,19)(H,17,21)/t11-/m0/s1. The first-order valence-electron chi connectivity index (χ1n) is 7.81. The summed E-state index contributed by atoms with van der Waals surface area (Å²) < 4.78 is -0.460. The van der Waals surface area contributed by atoms with E-state index >= 15 is 0 Å². The number of hydrogen-bond donors (Lipinski definition) is 2. The molecule has 0 aromatic heterocycles. The number of amides is 3. The fourth-order valence-corrected chi connectivity index (χ4v) is 3.87. The summed E-state index contributed by atoms with van der Waals surface area (Å²) in [4.78, 5) is 37.1. The minimum Gasteiger partial charge on any atom is -0.370 e. The summed E-state index contributed by atoms with van der Waals surface area (Å²) >= 11 is 1.53. The largest absolute Gasteiger partial charge is 0.370 e. The van der Waals surface area contributed by atoms with Crippen LogP contribution in [0.4, 0.5) is 0 Å². The van der Waals surface area contributed by atoms with Crippen LogP contribution in [0.3, 0.4) is 0 Å². The Kier molecular flexibility index (Phi) is 5.36. The Labute approximate surface area is 135 Å². The summed E-state index contributed by atoms with van der Waals surface area (Å²) in [5.74, 6) is 0.774. The molecule has 0 saturated carbocycles. The van der Waals surface area contributed by atoms with Crippen LogP contribution >= 0.6 is 11.8 Å². The Morgan fingerprint density at radius 3 is 2.55 bits per heavy atom. The Hall–Kier alpha value is -1.24. The van der Waals surface area contributed by atoms with Gasteiger partial charge in [0.05, 0.1) is 4.75 Å². The SMILES string of the molecule is CC1(C)SC[C@@H](C(=O)N2CCC(CCC(N)=O)CC2)NC1=O. The lowest BCUT2D eigenvalue weighted by Crippen LogP contribution is -2.58. The van der Waals surface area contributed by atoms with E-state index < -0.39 is 10.8 Å². The predicted molar refractivity (Wildman–Crippen MR) is 86.2 cm³/mol. The van der Waals surface area contributed by atoms with Gasteiger partial charge in [0.25, 0.3) is 0 Å². The summed E-state index contributed by atoms with van der Waals surface area (Å²) in [5.41, 5.74) is 5.17. The molecule has 3 amide bonds. The van der Waals surface area contributed by atoms with Crippen molar-refractivity contribution >= 4 is 29.5 Å². The molecule has 22 heavy (non-hydrogen) atoms. The average molecular weight is 327 g/mol. The van der Waals surface area contributed by atoms with E-state index in [9.17, 15) is 14.4 Å². The van der Waals surface area contributed by atoms with E-state index in [1.807, 2.05) is 18.7 Å². The Balaban J connectivity index is 1.80. The third kappa shape index (κ3) is 4.15. The molecule has 0 spiro atoms. The average Bonchev–Trinajstić information content (AvgIpc) is 2.48. The van der Waals surface area contributed by atoms with Crippen molar-refractivity contribution in [2.24, 2.45) is 11.7 Å². The van der Waals surface area contributed by atoms with Crippen molar-refractivity contribution in [3.8, 4) is 0 Å². The van der Waals surface area contributed by atoms with E-state index in [-0.39, 0.29) is 17.7 Å². The molecular weight excluding hydrogens is 302 g/mol. The monoisotopic (exact) mass is 327 g/mol. The zero-order chi connectivity index (χ0) is 16.3. The summed E-state index contributed by atoms with van der Waals surface area (Å²) in [7, 11) is 0. The molecule has 2 rings (SSSR count). The molecule has 0 bridgehead atoms. The Morgan fingerprint density at radius 1 is 1.36 bits per heavy atom. The lowest BCUT2D eigenvalue weighted by atomic mass is 9.92. The van der Waals surface area contributed by atoms with Gasteiger partial charge in [0.15, 0.2) is 0 Å². The molecule has 0 aliphatic carbocycles. The van der Waals surface area contributed by atoms with E-state index in [1.165, 1.54) is 11.8 Å². The van der Waals surface area contributed by atoms with Gasteiger partial charge in [-0.3, -0.25) is 14.4 Å². The number of rotatable bonds is 4. The van der Waals surface area contributed by atoms with Crippen molar-refractivity contribution in [2.45, 2.75) is 50.3 Å². The molecule has 2 heterocycles. The molecule has 7 heteroatoms. The number of hydrogen-bond acceptors (Lipinski definition) is 4. The topological polar surface area (TPSA) is 92.5 Å². The molecule has 2 aliphatic rings. The lowest BCUT2D eigenvalue weighted by Gasteiger charge is -2.38. The highest BCUT2D eigenvalue weighted by Crippen LogP contribution is 2.30. The fraction of sp³-hybridized carbons (Fsp3) is 0.800. The molecule has 0 aromatic rings. The molecule has 0 aromatic carbocycles. The van der Waals surface area contributed by atoms with Crippen LogP contribution in [-0.4, -0.2) is 52.3 Å². The minimum absolute atomic E-state index is 0.0182. The molecule has 6 nitrogen and oxygen atoms in total. The highest BCUT2D eigenvalue weighted by atomic mass is 32.2. The van der Waals surface area contributed by atoms with Gasteiger partial charge in [-0.2, -0.15) is 0 Å². The van der Waals surface area contributed by atoms with Gasteiger partial charge < -0.3 is 16.0 Å². The smallest absolute Gasteiger partial charge is 0.246 e. The van der Waals surface area contributed by atoms with Crippen LogP contribution in [0.25, 0.3) is 0 Å². The number of piperidine rings is 1. The van der Waals surface area contributed by atoms with E-state index in [0.29, 0.717) is 31.2 Å². The van der Waals surface area contributed by atoms with E-state index in [2.05, 4.69) is 5.32 Å². The van der Waals surface area contributed by atoms with Crippen molar-refractivity contribution in [1.82, 2.24) is 10.2 Å². The first-order valence-corrected chi connectivity index (χ1v) is 8.80. The van der Waals surface area contributed by atoms with E-state index in [1.54, 1.807) is 0 Å². The minimum atomic E-state index is -0.460. The first-order chi connectivity index (χ1) is 10.3. The van der Waals surface area contributed by atoms with Gasteiger partial charge in [0.2, 0.25) is 17.7 Å². The van der Waals surface area contributed by atoms with Gasteiger partial charge in [-0.25, -0.2) is 0 Å². The van der Waals surface area contributed by atoms with E-state index in [0.717, 1.165) is 19.3 Å². The number of carbonyl (C=O) groups excluding carboxylic acids is 3. The van der Waals surface area contributed by atoms with Gasteiger partial charge in [-0.15, -0.1) is 11.8 Å². The zero-order valence-electron chi connectivity index (χ0n) is 13.3. The van der Waals surface area contributed by atoms with Gasteiger partial charge >= 0.3 is 0 Å². The maximum atomic E-state index is 12.5. The molecule has 1 atom stereocenters. The maximum absolute atomic E-state index is 12.5. The number of carbonyl (C=O) groups is 3. The number of nitrogens with one attached hydrogen (secondary N) is 1. The van der Waals surface area contributed by atoms with Crippen molar-refractivity contribution in [2.75, 3.05) is 18.8 Å². The molecule has 2 saturated heterocycles. The van der Waals surface area contributed by atoms with Gasteiger partial charge in [0, 0.05) is 25.3 Å². The highest BCUT2D eigenvalue weighted by Gasteiger charge is 2.39. The Bertz CT molecular complexity index is 459. The molecule has 2 fully saturated rings. The molecule has 0 unspecified atom stereocenters. The van der Waals surface area contributed by atoms with Crippen LogP contribution < -0.4 is 11.1 Å². The molecule has 0 radical (unpaired) electrons. The molecule has 2 aliphatic heterocycles. The third-order valence-corrected chi connectivity index (χ3v) is 5.89. The normalized spacial score (nSPS) is 25.6. The summed E-state index contributed by atoms with van der Waals surface area (Å²) in [6.07, 6.45) is 3.03. The highest BCUT2D eigenvalue weighted by molar-refractivity contribution is 8.01. The second-order valence-corrected chi connectivity index (χ2v) is 8.26. The van der Waals surface area contributed by atoms with Crippen molar-refractivity contribution < 1.29 is 14.4 Å². The first kappa shape index (κ1) is 17.1. The summed E-state index contributed by atoms with van der Waals surface area (Å²) in [6, 6.07) is -0.410. The molecule has 124 valence electrons. The van der Waals surface area contributed by atoms with Crippen LogP contribution in [0.2, 0.25) is 0 Å². The van der Waals surface area contributed by atoms with Gasteiger partial charge in [-0.05, 0) is 39.0 Å². The van der Waals surface area contributed by atoms with Crippen molar-refractivity contribution in [3.05, 3.63) is 0 Å². The summed E-state index contributed by atoms with van der Waals surface area (Å²) in [5, 5.41) is 2.84. The number of likely N-dealkylation sites (tertiary alicyclic amines) is 1.